The normalized spacial score (nSPS) is 27.8. The predicted molar refractivity (Wildman–Crippen MR) is 54.3 cm³/mol. The summed E-state index contributed by atoms with van der Waals surface area (Å²) in [7, 11) is 1.89. The molecule has 1 N–H and O–H groups in total. The maximum atomic E-state index is 11.7. The van der Waals surface area contributed by atoms with Crippen molar-refractivity contribution in [1.29, 1.82) is 0 Å². The number of carbonyl (C=O) groups excluding carboxylic acids is 1. The summed E-state index contributed by atoms with van der Waals surface area (Å²) in [6, 6.07) is 0. The molecule has 0 spiro atoms. The van der Waals surface area contributed by atoms with Crippen molar-refractivity contribution in [3.8, 4) is 0 Å². The highest BCUT2D eigenvalue weighted by Crippen LogP contribution is 2.39. The van der Waals surface area contributed by atoms with E-state index in [1.165, 1.54) is 0 Å². The first-order valence-corrected chi connectivity index (χ1v) is 4.83. The molecule has 0 bridgehead atoms. The molecule has 2 heteroatoms. The first-order valence-electron chi connectivity index (χ1n) is 4.83. The minimum Gasteiger partial charge on any atom is -0.391 e. The molecular formula is C11H19NO. The van der Waals surface area contributed by atoms with Gasteiger partial charge in [0.2, 0.25) is 0 Å². The maximum Gasteiger partial charge on any atom is 0.163 e. The van der Waals surface area contributed by atoms with Gasteiger partial charge < -0.3 is 5.32 Å². The van der Waals surface area contributed by atoms with Crippen molar-refractivity contribution in [2.45, 2.75) is 34.1 Å². The van der Waals surface area contributed by atoms with E-state index in [4.69, 9.17) is 0 Å². The fraction of sp³-hybridized carbons (Fsp3) is 0.727. The lowest BCUT2D eigenvalue weighted by Crippen LogP contribution is -2.36. The highest BCUT2D eigenvalue weighted by atomic mass is 16.1. The molecule has 0 aliphatic heterocycles. The molecular weight excluding hydrogens is 162 g/mol. The summed E-state index contributed by atoms with van der Waals surface area (Å²) in [6.45, 7) is 8.31. The number of rotatable bonds is 1. The second kappa shape index (κ2) is 3.17. The monoisotopic (exact) mass is 181 g/mol. The molecule has 0 heterocycles. The number of carbonyl (C=O) groups is 1. The van der Waals surface area contributed by atoms with Gasteiger partial charge in [-0.25, -0.2) is 0 Å². The number of hydrogen-bond donors (Lipinski definition) is 1. The molecule has 0 radical (unpaired) electrons. The van der Waals surface area contributed by atoms with Crippen molar-refractivity contribution >= 4 is 5.78 Å². The molecule has 0 fully saturated rings. The summed E-state index contributed by atoms with van der Waals surface area (Å²) in [6.07, 6.45) is 0.944. The third-order valence-electron chi connectivity index (χ3n) is 2.94. The van der Waals surface area contributed by atoms with E-state index >= 15 is 0 Å². The van der Waals surface area contributed by atoms with Gasteiger partial charge in [-0.15, -0.1) is 0 Å². The van der Waals surface area contributed by atoms with Gasteiger partial charge in [-0.2, -0.15) is 0 Å². The number of hydrogen-bond acceptors (Lipinski definition) is 2. The van der Waals surface area contributed by atoms with Crippen LogP contribution in [-0.4, -0.2) is 12.8 Å². The van der Waals surface area contributed by atoms with E-state index in [1.54, 1.807) is 0 Å². The third-order valence-corrected chi connectivity index (χ3v) is 2.94. The molecule has 2 nitrogen and oxygen atoms in total. The second-order valence-corrected chi connectivity index (χ2v) is 4.60. The van der Waals surface area contributed by atoms with Crippen LogP contribution in [-0.2, 0) is 4.79 Å². The SMILES string of the molecule is CNC1=C(C)C(=O)C(C)CC1(C)C. The van der Waals surface area contributed by atoms with Crippen LogP contribution in [0, 0.1) is 11.3 Å². The molecule has 0 aromatic rings. The molecule has 74 valence electrons. The molecule has 0 aromatic carbocycles. The Bertz CT molecular complexity index is 263. The van der Waals surface area contributed by atoms with Crippen molar-refractivity contribution in [1.82, 2.24) is 5.32 Å². The summed E-state index contributed by atoms with van der Waals surface area (Å²) in [5.41, 5.74) is 2.13. The first kappa shape index (κ1) is 10.3. The van der Waals surface area contributed by atoms with Crippen LogP contribution < -0.4 is 5.32 Å². The van der Waals surface area contributed by atoms with Crippen LogP contribution in [0.5, 0.6) is 0 Å². The van der Waals surface area contributed by atoms with Crippen molar-refractivity contribution < 1.29 is 4.79 Å². The van der Waals surface area contributed by atoms with E-state index < -0.39 is 0 Å². The van der Waals surface area contributed by atoms with Gasteiger partial charge in [0.05, 0.1) is 0 Å². The molecule has 0 amide bonds. The lowest BCUT2D eigenvalue weighted by molar-refractivity contribution is -0.120. The highest BCUT2D eigenvalue weighted by molar-refractivity contribution is 5.98. The Morgan fingerprint density at radius 1 is 1.46 bits per heavy atom. The second-order valence-electron chi connectivity index (χ2n) is 4.60. The van der Waals surface area contributed by atoms with Crippen molar-refractivity contribution in [2.75, 3.05) is 7.05 Å². The Morgan fingerprint density at radius 3 is 2.46 bits per heavy atom. The predicted octanol–water partition coefficient (Wildman–Crippen LogP) is 2.11. The van der Waals surface area contributed by atoms with E-state index in [1.807, 2.05) is 20.9 Å². The summed E-state index contributed by atoms with van der Waals surface area (Å²) >= 11 is 0. The summed E-state index contributed by atoms with van der Waals surface area (Å²) < 4.78 is 0. The fourth-order valence-corrected chi connectivity index (χ4v) is 2.49. The number of Topliss-reactive ketones (excluding diaryl/α,β-unsaturated/α-hetero) is 1. The summed E-state index contributed by atoms with van der Waals surface area (Å²) in [5.74, 6) is 0.468. The Kier molecular flexibility index (Phi) is 2.51. The zero-order valence-corrected chi connectivity index (χ0v) is 9.19. The quantitative estimate of drug-likeness (QED) is 0.671. The molecule has 0 saturated carbocycles. The van der Waals surface area contributed by atoms with Gasteiger partial charge in [0.25, 0.3) is 0 Å². The molecule has 1 unspecified atom stereocenters. The van der Waals surface area contributed by atoms with Crippen LogP contribution in [0.15, 0.2) is 11.3 Å². The smallest absolute Gasteiger partial charge is 0.163 e. The van der Waals surface area contributed by atoms with Crippen LogP contribution >= 0.6 is 0 Å². The Hall–Kier alpha value is -0.790. The third kappa shape index (κ3) is 1.62. The van der Waals surface area contributed by atoms with Gasteiger partial charge in [-0.1, -0.05) is 20.8 Å². The Morgan fingerprint density at radius 2 is 2.00 bits per heavy atom. The minimum atomic E-state index is 0.117. The summed E-state index contributed by atoms with van der Waals surface area (Å²) in [4.78, 5) is 11.7. The first-order chi connectivity index (χ1) is 5.90. The zero-order valence-electron chi connectivity index (χ0n) is 9.19. The van der Waals surface area contributed by atoms with Crippen LogP contribution in [0.1, 0.15) is 34.1 Å². The number of allylic oxidation sites excluding steroid dienone is 2. The van der Waals surface area contributed by atoms with Gasteiger partial charge in [0.15, 0.2) is 5.78 Å². The molecule has 1 aliphatic carbocycles. The zero-order chi connectivity index (χ0) is 10.2. The van der Waals surface area contributed by atoms with Crippen molar-refractivity contribution in [3.63, 3.8) is 0 Å². The average Bonchev–Trinajstić information content (AvgIpc) is 2.00. The van der Waals surface area contributed by atoms with Crippen LogP contribution in [0.3, 0.4) is 0 Å². The van der Waals surface area contributed by atoms with Crippen LogP contribution in [0.4, 0.5) is 0 Å². The van der Waals surface area contributed by atoms with Gasteiger partial charge in [-0.3, -0.25) is 4.79 Å². The van der Waals surface area contributed by atoms with Gasteiger partial charge >= 0.3 is 0 Å². The topological polar surface area (TPSA) is 29.1 Å². The molecule has 13 heavy (non-hydrogen) atoms. The molecule has 1 rings (SSSR count). The van der Waals surface area contributed by atoms with E-state index in [-0.39, 0.29) is 11.3 Å². The fourth-order valence-electron chi connectivity index (χ4n) is 2.49. The van der Waals surface area contributed by atoms with Gasteiger partial charge in [0.1, 0.15) is 0 Å². The van der Waals surface area contributed by atoms with Crippen molar-refractivity contribution in [2.24, 2.45) is 11.3 Å². The largest absolute Gasteiger partial charge is 0.391 e. The lowest BCUT2D eigenvalue weighted by atomic mass is 9.71. The molecule has 1 aliphatic rings. The molecule has 0 saturated heterocycles. The van der Waals surface area contributed by atoms with Gasteiger partial charge in [-0.05, 0) is 13.3 Å². The number of ketones is 1. The highest BCUT2D eigenvalue weighted by Gasteiger charge is 2.35. The van der Waals surface area contributed by atoms with E-state index in [9.17, 15) is 4.79 Å². The standard InChI is InChI=1S/C11H19NO/c1-7-6-11(3,4)10(12-5)8(2)9(7)13/h7,12H,6H2,1-5H3. The van der Waals surface area contributed by atoms with E-state index in [0.29, 0.717) is 5.78 Å². The number of nitrogens with one attached hydrogen (secondary N) is 1. The maximum absolute atomic E-state index is 11.7. The van der Waals surface area contributed by atoms with Crippen LogP contribution in [0.25, 0.3) is 0 Å². The summed E-state index contributed by atoms with van der Waals surface area (Å²) in [5, 5.41) is 3.15. The molecule has 0 aromatic heterocycles. The van der Waals surface area contributed by atoms with Crippen molar-refractivity contribution in [3.05, 3.63) is 11.3 Å². The Labute approximate surface area is 80.4 Å². The van der Waals surface area contributed by atoms with Gasteiger partial charge in [0, 0.05) is 29.7 Å². The minimum absolute atomic E-state index is 0.117. The average molecular weight is 181 g/mol. The molecule has 1 atom stereocenters. The van der Waals surface area contributed by atoms with Crippen LogP contribution in [0.2, 0.25) is 0 Å². The van der Waals surface area contributed by atoms with E-state index in [2.05, 4.69) is 19.2 Å². The lowest BCUT2D eigenvalue weighted by Gasteiger charge is -2.36. The van der Waals surface area contributed by atoms with E-state index in [0.717, 1.165) is 17.7 Å². The Balaban J connectivity index is 3.16.